The van der Waals surface area contributed by atoms with Crippen molar-refractivity contribution in [3.05, 3.63) is 59.2 Å². The van der Waals surface area contributed by atoms with Crippen LogP contribution in [0.2, 0.25) is 0 Å². The van der Waals surface area contributed by atoms with Crippen LogP contribution in [-0.2, 0) is 14.8 Å². The van der Waals surface area contributed by atoms with Crippen molar-refractivity contribution in [3.8, 4) is 0 Å². The van der Waals surface area contributed by atoms with Gasteiger partial charge >= 0.3 is 6.09 Å². The molecule has 0 aromatic heterocycles. The zero-order valence-corrected chi connectivity index (χ0v) is 18.7. The lowest BCUT2D eigenvalue weighted by Crippen LogP contribution is -2.50. The molecule has 0 atom stereocenters. The highest BCUT2D eigenvalue weighted by molar-refractivity contribution is 7.92. The van der Waals surface area contributed by atoms with Crippen molar-refractivity contribution >= 4 is 27.7 Å². The van der Waals surface area contributed by atoms with E-state index >= 15 is 0 Å². The van der Waals surface area contributed by atoms with E-state index in [0.29, 0.717) is 44.0 Å². The van der Waals surface area contributed by atoms with Gasteiger partial charge in [0.1, 0.15) is 0 Å². The molecule has 1 aliphatic heterocycles. The third-order valence-electron chi connectivity index (χ3n) is 5.27. The van der Waals surface area contributed by atoms with Gasteiger partial charge in [0.2, 0.25) is 0 Å². The van der Waals surface area contributed by atoms with E-state index in [2.05, 4.69) is 4.72 Å². The number of carbonyl (C=O) groups is 2. The van der Waals surface area contributed by atoms with Crippen molar-refractivity contribution in [1.82, 2.24) is 9.80 Å². The van der Waals surface area contributed by atoms with Gasteiger partial charge in [-0.1, -0.05) is 6.07 Å². The van der Waals surface area contributed by atoms with Gasteiger partial charge in [0.05, 0.1) is 11.5 Å². The summed E-state index contributed by atoms with van der Waals surface area (Å²) in [4.78, 5) is 28.0. The Labute approximate surface area is 182 Å². The van der Waals surface area contributed by atoms with Gasteiger partial charge in [-0.3, -0.25) is 9.52 Å². The van der Waals surface area contributed by atoms with E-state index in [9.17, 15) is 18.0 Å². The van der Waals surface area contributed by atoms with Crippen LogP contribution >= 0.6 is 0 Å². The number of benzene rings is 2. The predicted octanol–water partition coefficient (Wildman–Crippen LogP) is 3.02. The van der Waals surface area contributed by atoms with Gasteiger partial charge in [-0.05, 0) is 68.3 Å². The number of hydrogen-bond donors (Lipinski definition) is 1. The lowest BCUT2D eigenvalue weighted by Gasteiger charge is -2.34. The third kappa shape index (κ3) is 5.35. The van der Waals surface area contributed by atoms with E-state index in [1.54, 1.807) is 59.2 Å². The number of rotatable bonds is 5. The van der Waals surface area contributed by atoms with Crippen molar-refractivity contribution in [2.24, 2.45) is 0 Å². The van der Waals surface area contributed by atoms with E-state index in [1.165, 1.54) is 0 Å². The van der Waals surface area contributed by atoms with Crippen LogP contribution < -0.4 is 4.72 Å². The molecule has 0 unspecified atom stereocenters. The highest BCUT2D eigenvalue weighted by atomic mass is 32.2. The third-order valence-corrected chi connectivity index (χ3v) is 6.64. The summed E-state index contributed by atoms with van der Waals surface area (Å²) in [7, 11) is -3.72. The summed E-state index contributed by atoms with van der Waals surface area (Å²) in [5.74, 6) is -0.160. The Kier molecular flexibility index (Phi) is 6.84. The lowest BCUT2D eigenvalue weighted by molar-refractivity contribution is 0.0570. The maximum absolute atomic E-state index is 12.7. The number of anilines is 1. The van der Waals surface area contributed by atoms with Crippen molar-refractivity contribution in [3.63, 3.8) is 0 Å². The number of aryl methyl sites for hydroxylation is 2. The fraction of sp³-hybridized carbons (Fsp3) is 0.364. The minimum atomic E-state index is -3.72. The van der Waals surface area contributed by atoms with Crippen LogP contribution in [0.1, 0.15) is 28.4 Å². The van der Waals surface area contributed by atoms with Crippen LogP contribution in [0.15, 0.2) is 47.4 Å². The molecule has 1 fully saturated rings. The highest BCUT2D eigenvalue weighted by Crippen LogP contribution is 2.20. The normalized spacial score (nSPS) is 14.3. The van der Waals surface area contributed by atoms with E-state index in [1.807, 2.05) is 13.8 Å². The van der Waals surface area contributed by atoms with Crippen molar-refractivity contribution in [2.75, 3.05) is 37.5 Å². The molecular formula is C22H27N3O5S. The molecule has 3 rings (SSSR count). The summed E-state index contributed by atoms with van der Waals surface area (Å²) in [6.45, 7) is 7.52. The standard InChI is InChI=1S/C22H27N3O5S/c1-4-30-22(27)25-13-11-24(12-14-25)21(26)18-6-8-19(9-7-18)23-31(28,29)20-10-5-16(2)17(3)15-20/h5-10,15,23H,4,11-14H2,1-3H3. The molecule has 0 aliphatic carbocycles. The van der Waals surface area contributed by atoms with Crippen molar-refractivity contribution in [2.45, 2.75) is 25.7 Å². The second-order valence-electron chi connectivity index (χ2n) is 7.41. The molecule has 2 aromatic carbocycles. The van der Waals surface area contributed by atoms with E-state index in [-0.39, 0.29) is 16.9 Å². The molecule has 2 amide bonds. The summed E-state index contributed by atoms with van der Waals surface area (Å²) >= 11 is 0. The summed E-state index contributed by atoms with van der Waals surface area (Å²) in [6.07, 6.45) is -0.366. The predicted molar refractivity (Wildman–Crippen MR) is 118 cm³/mol. The van der Waals surface area contributed by atoms with Gasteiger partial charge in [0.25, 0.3) is 15.9 Å². The second kappa shape index (κ2) is 9.38. The van der Waals surface area contributed by atoms with Gasteiger partial charge in [0, 0.05) is 37.4 Å². The molecule has 1 saturated heterocycles. The second-order valence-corrected chi connectivity index (χ2v) is 9.09. The molecule has 1 N–H and O–H groups in total. The minimum absolute atomic E-state index is 0.160. The van der Waals surface area contributed by atoms with Crippen LogP contribution in [0.5, 0.6) is 0 Å². The van der Waals surface area contributed by atoms with Crippen molar-refractivity contribution in [1.29, 1.82) is 0 Å². The SMILES string of the molecule is CCOC(=O)N1CCN(C(=O)c2ccc(NS(=O)(=O)c3ccc(C)c(C)c3)cc2)CC1. The Balaban J connectivity index is 1.63. The molecule has 0 radical (unpaired) electrons. The lowest BCUT2D eigenvalue weighted by atomic mass is 10.1. The first kappa shape index (κ1) is 22.6. The van der Waals surface area contributed by atoms with Crippen LogP contribution in [0.3, 0.4) is 0 Å². The van der Waals surface area contributed by atoms with E-state index in [4.69, 9.17) is 4.74 Å². The monoisotopic (exact) mass is 445 g/mol. The Morgan fingerprint density at radius 2 is 1.55 bits per heavy atom. The first-order chi connectivity index (χ1) is 14.7. The number of nitrogens with one attached hydrogen (secondary N) is 1. The maximum Gasteiger partial charge on any atom is 0.409 e. The van der Waals surface area contributed by atoms with Gasteiger partial charge < -0.3 is 14.5 Å². The molecule has 8 nitrogen and oxygen atoms in total. The van der Waals surface area contributed by atoms with E-state index < -0.39 is 10.0 Å². The molecule has 31 heavy (non-hydrogen) atoms. The van der Waals surface area contributed by atoms with Gasteiger partial charge in [-0.15, -0.1) is 0 Å². The molecule has 0 bridgehead atoms. The number of ether oxygens (including phenoxy) is 1. The first-order valence-corrected chi connectivity index (χ1v) is 11.6. The Morgan fingerprint density at radius 3 is 2.13 bits per heavy atom. The van der Waals surface area contributed by atoms with Gasteiger partial charge in [-0.2, -0.15) is 0 Å². The number of sulfonamides is 1. The minimum Gasteiger partial charge on any atom is -0.450 e. The molecule has 9 heteroatoms. The number of piperazine rings is 1. The van der Waals surface area contributed by atoms with Crippen LogP contribution in [-0.4, -0.2) is 63.0 Å². The number of hydrogen-bond acceptors (Lipinski definition) is 5. The average Bonchev–Trinajstić information content (AvgIpc) is 2.75. The van der Waals surface area contributed by atoms with Gasteiger partial charge in [-0.25, -0.2) is 13.2 Å². The fourth-order valence-electron chi connectivity index (χ4n) is 3.27. The fourth-order valence-corrected chi connectivity index (χ4v) is 4.41. The highest BCUT2D eigenvalue weighted by Gasteiger charge is 2.25. The van der Waals surface area contributed by atoms with E-state index in [0.717, 1.165) is 11.1 Å². The zero-order chi connectivity index (χ0) is 22.6. The average molecular weight is 446 g/mol. The van der Waals surface area contributed by atoms with Crippen molar-refractivity contribution < 1.29 is 22.7 Å². The summed E-state index contributed by atoms with van der Waals surface area (Å²) < 4.78 is 32.8. The topological polar surface area (TPSA) is 96.0 Å². The smallest absolute Gasteiger partial charge is 0.409 e. The Bertz CT molecular complexity index is 1060. The summed E-state index contributed by atoms with van der Waals surface area (Å²) in [6, 6.07) is 11.3. The Hall–Kier alpha value is -3.07. The number of carbonyl (C=O) groups excluding carboxylic acids is 2. The summed E-state index contributed by atoms with van der Waals surface area (Å²) in [5.41, 5.74) is 2.75. The number of nitrogens with zero attached hydrogens (tertiary/aromatic N) is 2. The molecule has 166 valence electrons. The molecular weight excluding hydrogens is 418 g/mol. The number of amides is 2. The molecule has 1 heterocycles. The molecule has 2 aromatic rings. The quantitative estimate of drug-likeness (QED) is 0.763. The zero-order valence-electron chi connectivity index (χ0n) is 17.9. The molecule has 0 saturated carbocycles. The maximum atomic E-state index is 12.7. The summed E-state index contributed by atoms with van der Waals surface area (Å²) in [5, 5.41) is 0. The first-order valence-electron chi connectivity index (χ1n) is 10.1. The largest absolute Gasteiger partial charge is 0.450 e. The molecule has 1 aliphatic rings. The van der Waals surface area contributed by atoms with Crippen LogP contribution in [0.4, 0.5) is 10.5 Å². The molecule has 0 spiro atoms. The van der Waals surface area contributed by atoms with Crippen LogP contribution in [0, 0.1) is 13.8 Å². The Morgan fingerprint density at radius 1 is 0.935 bits per heavy atom. The van der Waals surface area contributed by atoms with Gasteiger partial charge in [0.15, 0.2) is 0 Å². The van der Waals surface area contributed by atoms with Crippen LogP contribution in [0.25, 0.3) is 0 Å².